The number of rotatable bonds is 3. The summed E-state index contributed by atoms with van der Waals surface area (Å²) >= 11 is 0. The van der Waals surface area contributed by atoms with E-state index < -0.39 is 0 Å². The number of aliphatic hydroxyl groups excluding tert-OH is 1. The number of hydrogen-bond donors (Lipinski definition) is 3. The van der Waals surface area contributed by atoms with Gasteiger partial charge >= 0.3 is 0 Å². The van der Waals surface area contributed by atoms with Gasteiger partial charge in [0.25, 0.3) is 5.56 Å². The molecule has 2 aromatic heterocycles. The average molecular weight is 265 g/mol. The van der Waals surface area contributed by atoms with Gasteiger partial charge < -0.3 is 15.2 Å². The SMILES string of the molecule is CNc1nc2c(ncn2C2CC[C@@H](CO)O2)c(=O)[nH]1. The molecule has 1 saturated heterocycles. The fourth-order valence-corrected chi connectivity index (χ4v) is 2.28. The summed E-state index contributed by atoms with van der Waals surface area (Å²) in [5.41, 5.74) is 0.483. The maximum Gasteiger partial charge on any atom is 0.280 e. The van der Waals surface area contributed by atoms with Crippen molar-refractivity contribution in [2.24, 2.45) is 0 Å². The normalized spacial score (nSPS) is 23.1. The fraction of sp³-hybridized carbons (Fsp3) is 0.545. The number of hydrogen-bond acceptors (Lipinski definition) is 6. The van der Waals surface area contributed by atoms with Crippen LogP contribution >= 0.6 is 0 Å². The Hall–Kier alpha value is -1.93. The first-order valence-electron chi connectivity index (χ1n) is 6.14. The molecule has 3 N–H and O–H groups in total. The highest BCUT2D eigenvalue weighted by Gasteiger charge is 2.27. The third-order valence-electron chi connectivity index (χ3n) is 3.27. The van der Waals surface area contributed by atoms with Crippen LogP contribution in [0.3, 0.4) is 0 Å². The van der Waals surface area contributed by atoms with Crippen LogP contribution < -0.4 is 10.9 Å². The van der Waals surface area contributed by atoms with Crippen molar-refractivity contribution in [1.82, 2.24) is 19.5 Å². The molecular weight excluding hydrogens is 250 g/mol. The molecule has 102 valence electrons. The Morgan fingerprint density at radius 2 is 2.47 bits per heavy atom. The van der Waals surface area contributed by atoms with Gasteiger partial charge in [0.1, 0.15) is 6.23 Å². The van der Waals surface area contributed by atoms with Crippen molar-refractivity contribution < 1.29 is 9.84 Å². The zero-order valence-electron chi connectivity index (χ0n) is 10.5. The van der Waals surface area contributed by atoms with Gasteiger partial charge in [0.15, 0.2) is 11.2 Å². The monoisotopic (exact) mass is 265 g/mol. The summed E-state index contributed by atoms with van der Waals surface area (Å²) in [4.78, 5) is 22.8. The molecule has 8 heteroatoms. The lowest BCUT2D eigenvalue weighted by atomic mass is 10.2. The third-order valence-corrected chi connectivity index (χ3v) is 3.27. The molecule has 2 atom stereocenters. The zero-order chi connectivity index (χ0) is 13.4. The van der Waals surface area contributed by atoms with Crippen molar-refractivity contribution in [1.29, 1.82) is 0 Å². The van der Waals surface area contributed by atoms with Crippen molar-refractivity contribution in [2.45, 2.75) is 25.2 Å². The smallest absolute Gasteiger partial charge is 0.280 e. The van der Waals surface area contributed by atoms with E-state index in [1.165, 1.54) is 0 Å². The topological polar surface area (TPSA) is 105 Å². The minimum Gasteiger partial charge on any atom is -0.394 e. The fourth-order valence-electron chi connectivity index (χ4n) is 2.28. The van der Waals surface area contributed by atoms with Gasteiger partial charge in [-0.1, -0.05) is 0 Å². The Morgan fingerprint density at radius 1 is 1.63 bits per heavy atom. The lowest BCUT2D eigenvalue weighted by Gasteiger charge is -2.13. The molecule has 8 nitrogen and oxygen atoms in total. The maximum absolute atomic E-state index is 11.8. The van der Waals surface area contributed by atoms with Crippen molar-refractivity contribution in [2.75, 3.05) is 19.0 Å². The van der Waals surface area contributed by atoms with E-state index in [-0.39, 0.29) is 30.0 Å². The van der Waals surface area contributed by atoms with E-state index in [9.17, 15) is 4.79 Å². The number of aliphatic hydroxyl groups is 1. The summed E-state index contributed by atoms with van der Waals surface area (Å²) in [7, 11) is 1.68. The molecule has 0 aliphatic carbocycles. The molecule has 1 aliphatic rings. The molecule has 19 heavy (non-hydrogen) atoms. The second kappa shape index (κ2) is 4.63. The first-order valence-corrected chi connectivity index (χ1v) is 6.14. The van der Waals surface area contributed by atoms with Crippen LogP contribution in [0.15, 0.2) is 11.1 Å². The quantitative estimate of drug-likeness (QED) is 0.711. The molecular formula is C11H15N5O3. The first kappa shape index (κ1) is 12.1. The molecule has 0 radical (unpaired) electrons. The highest BCUT2D eigenvalue weighted by Crippen LogP contribution is 2.29. The summed E-state index contributed by atoms with van der Waals surface area (Å²) in [6, 6.07) is 0. The van der Waals surface area contributed by atoms with E-state index >= 15 is 0 Å². The second-order valence-corrected chi connectivity index (χ2v) is 4.46. The Balaban J connectivity index is 2.05. The van der Waals surface area contributed by atoms with Gasteiger partial charge in [-0.2, -0.15) is 4.98 Å². The Bertz CT molecular complexity index is 649. The minimum atomic E-state index is -0.287. The lowest BCUT2D eigenvalue weighted by molar-refractivity contribution is -0.0207. The summed E-state index contributed by atoms with van der Waals surface area (Å²) in [5, 5.41) is 11.9. The molecule has 1 unspecified atom stereocenters. The van der Waals surface area contributed by atoms with Crippen molar-refractivity contribution in [3.05, 3.63) is 16.7 Å². The number of nitrogens with zero attached hydrogens (tertiary/aromatic N) is 3. The highest BCUT2D eigenvalue weighted by atomic mass is 16.5. The number of nitrogens with one attached hydrogen (secondary N) is 2. The van der Waals surface area contributed by atoms with Crippen LogP contribution in [-0.2, 0) is 4.74 Å². The largest absolute Gasteiger partial charge is 0.394 e. The van der Waals surface area contributed by atoms with Crippen LogP contribution in [0.25, 0.3) is 11.2 Å². The molecule has 3 rings (SSSR count). The Morgan fingerprint density at radius 3 is 3.16 bits per heavy atom. The Kier molecular flexibility index (Phi) is 2.96. The molecule has 0 amide bonds. The minimum absolute atomic E-state index is 0.00108. The lowest BCUT2D eigenvalue weighted by Crippen LogP contribution is -2.16. The maximum atomic E-state index is 11.8. The van der Waals surface area contributed by atoms with Gasteiger partial charge in [-0.3, -0.25) is 14.3 Å². The van der Waals surface area contributed by atoms with Gasteiger partial charge in [0.05, 0.1) is 19.0 Å². The molecule has 3 heterocycles. The predicted octanol–water partition coefficient (Wildman–Crippen LogP) is -0.169. The number of anilines is 1. The summed E-state index contributed by atoms with van der Waals surface area (Å²) in [5.74, 6) is 0.385. The molecule has 0 aromatic carbocycles. The highest BCUT2D eigenvalue weighted by molar-refractivity contribution is 5.70. The van der Waals surface area contributed by atoms with Crippen molar-refractivity contribution >= 4 is 17.1 Å². The van der Waals surface area contributed by atoms with Crippen LogP contribution in [0, 0.1) is 0 Å². The second-order valence-electron chi connectivity index (χ2n) is 4.46. The molecule has 1 aliphatic heterocycles. The molecule has 0 spiro atoms. The third kappa shape index (κ3) is 1.98. The van der Waals surface area contributed by atoms with Gasteiger partial charge in [-0.05, 0) is 12.8 Å². The van der Waals surface area contributed by atoms with Gasteiger partial charge in [0, 0.05) is 7.05 Å². The summed E-state index contributed by atoms with van der Waals surface area (Å²) in [6.45, 7) is -0.00108. The van der Waals surface area contributed by atoms with Gasteiger partial charge in [0.2, 0.25) is 5.95 Å². The number of ether oxygens (including phenoxy) is 1. The van der Waals surface area contributed by atoms with E-state index in [4.69, 9.17) is 9.84 Å². The first-order chi connectivity index (χ1) is 9.22. The predicted molar refractivity (Wildman–Crippen MR) is 67.9 cm³/mol. The summed E-state index contributed by atoms with van der Waals surface area (Å²) in [6.07, 6.45) is 2.70. The van der Waals surface area contributed by atoms with Crippen LogP contribution in [0.5, 0.6) is 0 Å². The number of imidazole rings is 1. The van der Waals surface area contributed by atoms with E-state index in [0.29, 0.717) is 11.6 Å². The number of aromatic nitrogens is 4. The van der Waals surface area contributed by atoms with Crippen LogP contribution in [-0.4, -0.2) is 44.4 Å². The van der Waals surface area contributed by atoms with E-state index in [2.05, 4.69) is 20.3 Å². The van der Waals surface area contributed by atoms with Crippen LogP contribution in [0.1, 0.15) is 19.1 Å². The average Bonchev–Trinajstić information content (AvgIpc) is 3.04. The van der Waals surface area contributed by atoms with Crippen LogP contribution in [0.2, 0.25) is 0 Å². The van der Waals surface area contributed by atoms with Crippen LogP contribution in [0.4, 0.5) is 5.95 Å². The zero-order valence-corrected chi connectivity index (χ0v) is 10.5. The number of aromatic amines is 1. The Labute approximate surface area is 108 Å². The molecule has 0 saturated carbocycles. The van der Waals surface area contributed by atoms with Gasteiger partial charge in [-0.15, -0.1) is 0 Å². The van der Waals surface area contributed by atoms with Crippen molar-refractivity contribution in [3.8, 4) is 0 Å². The van der Waals surface area contributed by atoms with E-state index in [1.54, 1.807) is 17.9 Å². The van der Waals surface area contributed by atoms with E-state index in [0.717, 1.165) is 12.8 Å². The molecule has 2 aromatic rings. The number of fused-ring (bicyclic) bond motifs is 1. The van der Waals surface area contributed by atoms with Gasteiger partial charge in [-0.25, -0.2) is 4.98 Å². The summed E-state index contributed by atoms with van der Waals surface area (Å²) < 4.78 is 7.41. The number of H-pyrrole nitrogens is 1. The molecule has 1 fully saturated rings. The van der Waals surface area contributed by atoms with E-state index in [1.807, 2.05) is 0 Å². The molecule has 0 bridgehead atoms. The van der Waals surface area contributed by atoms with Crippen molar-refractivity contribution in [3.63, 3.8) is 0 Å². The standard InChI is InChI=1S/C11H15N5O3/c1-12-11-14-9-8(10(18)15-11)13-5-16(9)7-3-2-6(4-17)19-7/h5-7,17H,2-4H2,1H3,(H2,12,14,15,18)/t6-,7?/m0/s1.